The number of methoxy groups -OCH3 is 1. The van der Waals surface area contributed by atoms with Gasteiger partial charge in [0.25, 0.3) is 0 Å². The molecule has 1 fully saturated rings. The standard InChI is InChI=1S/C14H17NO4.C4H8.C2H6/c1-18-13(16)12-8-5-9-15(12)14(17)19-10-11-6-3-2-4-7-11;1-4(2)3;1-2/h2-4,6-7,12H,5,8-10H2,1H3;1H2,2-3H3;1-2H3. The second kappa shape index (κ2) is 13.0. The highest BCUT2D eigenvalue weighted by Crippen LogP contribution is 2.19. The number of allylic oxidation sites excluding steroid dienone is 1. The van der Waals surface area contributed by atoms with Crippen LogP contribution in [-0.4, -0.2) is 36.7 Å². The third-order valence-corrected chi connectivity index (χ3v) is 3.17. The van der Waals surface area contributed by atoms with Gasteiger partial charge in [-0.25, -0.2) is 9.59 Å². The molecule has 0 N–H and O–H groups in total. The summed E-state index contributed by atoms with van der Waals surface area (Å²) in [6.07, 6.45) is 0.963. The summed E-state index contributed by atoms with van der Waals surface area (Å²) in [5, 5.41) is 0. The number of carbonyl (C=O) groups is 2. The van der Waals surface area contributed by atoms with Crippen LogP contribution in [0.25, 0.3) is 0 Å². The van der Waals surface area contributed by atoms with Gasteiger partial charge in [0.15, 0.2) is 0 Å². The van der Waals surface area contributed by atoms with Gasteiger partial charge >= 0.3 is 12.1 Å². The molecule has 1 saturated heterocycles. The van der Waals surface area contributed by atoms with E-state index in [4.69, 9.17) is 4.74 Å². The lowest BCUT2D eigenvalue weighted by Crippen LogP contribution is -2.41. The SMILES string of the molecule is C=C(C)C.CC.COC(=O)C1CCCN1C(=O)OCc1ccccc1. The molecule has 5 nitrogen and oxygen atoms in total. The van der Waals surface area contributed by atoms with Gasteiger partial charge in [0.2, 0.25) is 0 Å². The summed E-state index contributed by atoms with van der Waals surface area (Å²) in [5.41, 5.74) is 2.09. The highest BCUT2D eigenvalue weighted by Gasteiger charge is 2.35. The predicted molar refractivity (Wildman–Crippen MR) is 100 cm³/mol. The van der Waals surface area contributed by atoms with Crippen LogP contribution in [0, 0.1) is 0 Å². The Kier molecular flexibility index (Phi) is 11.8. The van der Waals surface area contributed by atoms with Gasteiger partial charge in [0.05, 0.1) is 7.11 Å². The lowest BCUT2D eigenvalue weighted by molar-refractivity contribution is -0.145. The average Bonchev–Trinajstić information content (AvgIpc) is 3.11. The van der Waals surface area contributed by atoms with Crippen molar-refractivity contribution in [2.45, 2.75) is 53.2 Å². The van der Waals surface area contributed by atoms with Crippen LogP contribution >= 0.6 is 0 Å². The Morgan fingerprint density at radius 2 is 1.76 bits per heavy atom. The van der Waals surface area contributed by atoms with Gasteiger partial charge in [-0.05, 0) is 32.3 Å². The highest BCUT2D eigenvalue weighted by atomic mass is 16.6. The number of hydrogen-bond donors (Lipinski definition) is 0. The Morgan fingerprint density at radius 1 is 1.20 bits per heavy atom. The quantitative estimate of drug-likeness (QED) is 0.592. The molecule has 25 heavy (non-hydrogen) atoms. The minimum atomic E-state index is -0.506. The first-order valence-electron chi connectivity index (χ1n) is 8.63. The van der Waals surface area contributed by atoms with Crippen molar-refractivity contribution in [2.24, 2.45) is 0 Å². The topological polar surface area (TPSA) is 55.8 Å². The van der Waals surface area contributed by atoms with E-state index < -0.39 is 12.1 Å². The number of ether oxygens (including phenoxy) is 2. The van der Waals surface area contributed by atoms with Crippen LogP contribution in [0.4, 0.5) is 4.79 Å². The molecule has 1 unspecified atom stereocenters. The third kappa shape index (κ3) is 8.94. The van der Waals surface area contributed by atoms with E-state index in [-0.39, 0.29) is 12.6 Å². The van der Waals surface area contributed by atoms with Crippen molar-refractivity contribution in [3.63, 3.8) is 0 Å². The van der Waals surface area contributed by atoms with Crippen molar-refractivity contribution in [1.82, 2.24) is 4.90 Å². The first kappa shape index (κ1) is 22.7. The Morgan fingerprint density at radius 3 is 2.28 bits per heavy atom. The summed E-state index contributed by atoms with van der Waals surface area (Å²) >= 11 is 0. The van der Waals surface area contributed by atoms with E-state index in [1.54, 1.807) is 0 Å². The van der Waals surface area contributed by atoms with Crippen molar-refractivity contribution in [2.75, 3.05) is 13.7 Å². The molecule has 140 valence electrons. The van der Waals surface area contributed by atoms with E-state index in [1.165, 1.54) is 17.6 Å². The van der Waals surface area contributed by atoms with Crippen molar-refractivity contribution >= 4 is 12.1 Å². The normalized spacial score (nSPS) is 15.1. The van der Waals surface area contributed by atoms with Crippen molar-refractivity contribution < 1.29 is 19.1 Å². The van der Waals surface area contributed by atoms with Crippen molar-refractivity contribution in [1.29, 1.82) is 0 Å². The molecule has 0 radical (unpaired) electrons. The van der Waals surface area contributed by atoms with Crippen LogP contribution in [0.2, 0.25) is 0 Å². The fourth-order valence-electron chi connectivity index (χ4n) is 2.17. The molecule has 2 rings (SSSR count). The average molecular weight is 349 g/mol. The third-order valence-electron chi connectivity index (χ3n) is 3.17. The van der Waals surface area contributed by atoms with Gasteiger partial charge < -0.3 is 9.47 Å². The molecule has 0 spiro atoms. The zero-order valence-corrected chi connectivity index (χ0v) is 16.1. The molecule has 0 bridgehead atoms. The van der Waals surface area contributed by atoms with Crippen LogP contribution in [0.15, 0.2) is 42.5 Å². The molecule has 0 saturated carbocycles. The Bertz CT molecular complexity index is 524. The maximum Gasteiger partial charge on any atom is 0.410 e. The maximum atomic E-state index is 11.9. The summed E-state index contributed by atoms with van der Waals surface area (Å²) in [6.45, 7) is 12.2. The lowest BCUT2D eigenvalue weighted by atomic mass is 10.2. The van der Waals surface area contributed by atoms with Gasteiger partial charge in [-0.3, -0.25) is 4.90 Å². The zero-order chi connectivity index (χ0) is 19.2. The molecule has 1 aromatic rings. The van der Waals surface area contributed by atoms with Crippen LogP contribution in [0.1, 0.15) is 46.1 Å². The van der Waals surface area contributed by atoms with Crippen LogP contribution in [0.5, 0.6) is 0 Å². The summed E-state index contributed by atoms with van der Waals surface area (Å²) in [4.78, 5) is 24.9. The van der Waals surface area contributed by atoms with Gasteiger partial charge in [-0.1, -0.05) is 49.8 Å². The minimum Gasteiger partial charge on any atom is -0.467 e. The summed E-state index contributed by atoms with van der Waals surface area (Å²) in [7, 11) is 1.33. The number of carbonyl (C=O) groups excluding carboxylic acids is 2. The van der Waals surface area contributed by atoms with Crippen molar-refractivity contribution in [3.05, 3.63) is 48.0 Å². The van der Waals surface area contributed by atoms with E-state index in [2.05, 4.69) is 11.3 Å². The van der Waals surface area contributed by atoms with E-state index in [1.807, 2.05) is 58.0 Å². The van der Waals surface area contributed by atoms with E-state index in [0.717, 1.165) is 12.0 Å². The molecule has 1 aliphatic rings. The number of hydrogen-bond acceptors (Lipinski definition) is 4. The lowest BCUT2D eigenvalue weighted by Gasteiger charge is -2.21. The smallest absolute Gasteiger partial charge is 0.410 e. The second-order valence-electron chi connectivity index (χ2n) is 5.62. The molecule has 1 amide bonds. The molecule has 0 aromatic heterocycles. The van der Waals surface area contributed by atoms with E-state index >= 15 is 0 Å². The molecule has 5 heteroatoms. The number of esters is 1. The van der Waals surface area contributed by atoms with Crippen LogP contribution in [0.3, 0.4) is 0 Å². The molecule has 1 heterocycles. The Hall–Kier alpha value is -2.30. The van der Waals surface area contributed by atoms with E-state index in [9.17, 15) is 9.59 Å². The first-order chi connectivity index (χ1) is 12.0. The minimum absolute atomic E-state index is 0.212. The predicted octanol–water partition coefficient (Wildman–Crippen LogP) is 4.57. The highest BCUT2D eigenvalue weighted by molar-refractivity contribution is 5.82. The Labute approximate surface area is 151 Å². The summed E-state index contributed by atoms with van der Waals surface area (Å²) in [5.74, 6) is -0.380. The monoisotopic (exact) mass is 349 g/mol. The van der Waals surface area contributed by atoms with E-state index in [0.29, 0.717) is 13.0 Å². The number of rotatable bonds is 3. The van der Waals surface area contributed by atoms with Gasteiger partial charge in [-0.2, -0.15) is 0 Å². The van der Waals surface area contributed by atoms with Crippen LogP contribution < -0.4 is 0 Å². The van der Waals surface area contributed by atoms with Gasteiger partial charge in [0, 0.05) is 6.54 Å². The zero-order valence-electron chi connectivity index (χ0n) is 16.1. The number of likely N-dealkylation sites (tertiary alicyclic amines) is 1. The molecule has 1 atom stereocenters. The summed E-state index contributed by atoms with van der Waals surface area (Å²) < 4.78 is 9.91. The fraction of sp³-hybridized carbons (Fsp3) is 0.500. The molecular weight excluding hydrogens is 318 g/mol. The first-order valence-corrected chi connectivity index (χ1v) is 8.63. The van der Waals surface area contributed by atoms with Crippen LogP contribution in [-0.2, 0) is 20.9 Å². The largest absolute Gasteiger partial charge is 0.467 e. The second-order valence-corrected chi connectivity index (χ2v) is 5.62. The van der Waals surface area contributed by atoms with Crippen molar-refractivity contribution in [3.8, 4) is 0 Å². The summed E-state index contributed by atoms with van der Waals surface area (Å²) in [6, 6.07) is 8.93. The maximum absolute atomic E-state index is 11.9. The number of benzene rings is 1. The molecule has 1 aromatic carbocycles. The molecular formula is C20H31NO4. The number of amides is 1. The number of nitrogens with zero attached hydrogens (tertiary/aromatic N) is 1. The molecule has 0 aliphatic carbocycles. The Balaban J connectivity index is 0.000000845. The van der Waals surface area contributed by atoms with Gasteiger partial charge in [0.1, 0.15) is 12.6 Å². The fourth-order valence-corrected chi connectivity index (χ4v) is 2.17. The molecule has 1 aliphatic heterocycles. The van der Waals surface area contributed by atoms with Gasteiger partial charge in [-0.15, -0.1) is 6.58 Å².